The lowest BCUT2D eigenvalue weighted by Gasteiger charge is -2.22. The van der Waals surface area contributed by atoms with E-state index < -0.39 is 0 Å². The Balaban J connectivity index is 2.20. The number of aliphatic imine (C=N–C) groups is 1. The highest BCUT2D eigenvalue weighted by Crippen LogP contribution is 2.25. The molecule has 1 amide bonds. The van der Waals surface area contributed by atoms with Gasteiger partial charge in [-0.05, 0) is 23.8 Å². The van der Waals surface area contributed by atoms with Crippen molar-refractivity contribution < 1.29 is 9.53 Å². The smallest absolute Gasteiger partial charge is 0.253 e. The van der Waals surface area contributed by atoms with Gasteiger partial charge in [-0.1, -0.05) is 0 Å². The third kappa shape index (κ3) is 2.04. The van der Waals surface area contributed by atoms with Gasteiger partial charge < -0.3 is 10.5 Å². The zero-order valence-corrected chi connectivity index (χ0v) is 9.01. The predicted octanol–water partition coefficient (Wildman–Crippen LogP) is 0.917. The second-order valence-electron chi connectivity index (χ2n) is 3.59. The Morgan fingerprint density at radius 2 is 2.44 bits per heavy atom. The van der Waals surface area contributed by atoms with Gasteiger partial charge in [0.25, 0.3) is 5.91 Å². The molecule has 0 saturated heterocycles. The standard InChI is InChI=1S/C11H13N3O2/c1-16-6-11(15)14-5-8-4-9(12)2-3-10(8)13-7-14/h2-4,7H,5-6,12H2,1H3. The van der Waals surface area contributed by atoms with Crippen LogP contribution in [0.4, 0.5) is 11.4 Å². The van der Waals surface area contributed by atoms with Crippen LogP contribution < -0.4 is 5.73 Å². The summed E-state index contributed by atoms with van der Waals surface area (Å²) in [5.41, 5.74) is 8.17. The number of carbonyl (C=O) groups excluding carboxylic acids is 1. The molecule has 1 aromatic carbocycles. The maximum absolute atomic E-state index is 11.6. The van der Waals surface area contributed by atoms with Gasteiger partial charge in [-0.2, -0.15) is 0 Å². The fraction of sp³-hybridized carbons (Fsp3) is 0.273. The summed E-state index contributed by atoms with van der Waals surface area (Å²) in [5.74, 6) is -0.112. The van der Waals surface area contributed by atoms with E-state index in [9.17, 15) is 4.79 Å². The largest absolute Gasteiger partial charge is 0.399 e. The van der Waals surface area contributed by atoms with E-state index in [4.69, 9.17) is 10.5 Å². The summed E-state index contributed by atoms with van der Waals surface area (Å²) >= 11 is 0. The normalized spacial score (nSPS) is 13.7. The van der Waals surface area contributed by atoms with Crippen molar-refractivity contribution >= 4 is 23.6 Å². The van der Waals surface area contributed by atoms with Crippen molar-refractivity contribution in [1.82, 2.24) is 4.90 Å². The van der Waals surface area contributed by atoms with Gasteiger partial charge in [0.15, 0.2) is 0 Å². The summed E-state index contributed by atoms with van der Waals surface area (Å²) in [5, 5.41) is 0. The Hall–Kier alpha value is -1.88. The fourth-order valence-electron chi connectivity index (χ4n) is 1.57. The maximum Gasteiger partial charge on any atom is 0.253 e. The number of fused-ring (bicyclic) bond motifs is 1. The van der Waals surface area contributed by atoms with Gasteiger partial charge in [0.05, 0.1) is 18.6 Å². The molecule has 1 aromatic rings. The number of benzene rings is 1. The molecular weight excluding hydrogens is 206 g/mol. The molecule has 16 heavy (non-hydrogen) atoms. The van der Waals surface area contributed by atoms with Crippen LogP contribution in [-0.2, 0) is 16.1 Å². The average molecular weight is 219 g/mol. The van der Waals surface area contributed by atoms with E-state index in [1.807, 2.05) is 12.1 Å². The molecule has 0 spiro atoms. The number of amides is 1. The molecule has 0 fully saturated rings. The highest BCUT2D eigenvalue weighted by Gasteiger charge is 2.17. The summed E-state index contributed by atoms with van der Waals surface area (Å²) in [6.07, 6.45) is 1.53. The first-order valence-corrected chi connectivity index (χ1v) is 4.91. The molecule has 0 unspecified atom stereocenters. The highest BCUT2D eigenvalue weighted by atomic mass is 16.5. The third-order valence-corrected chi connectivity index (χ3v) is 2.37. The van der Waals surface area contributed by atoms with Crippen molar-refractivity contribution in [3.63, 3.8) is 0 Å². The summed E-state index contributed by atoms with van der Waals surface area (Å²) in [6.45, 7) is 0.551. The average Bonchev–Trinajstić information content (AvgIpc) is 2.28. The van der Waals surface area contributed by atoms with Crippen LogP contribution >= 0.6 is 0 Å². The lowest BCUT2D eigenvalue weighted by atomic mass is 10.1. The molecule has 0 saturated carbocycles. The van der Waals surface area contributed by atoms with E-state index in [0.717, 1.165) is 11.3 Å². The van der Waals surface area contributed by atoms with Crippen molar-refractivity contribution in [1.29, 1.82) is 0 Å². The number of anilines is 1. The van der Waals surface area contributed by atoms with E-state index in [1.165, 1.54) is 18.3 Å². The number of rotatable bonds is 2. The number of methoxy groups -OCH3 is 1. The molecule has 1 aliphatic heterocycles. The lowest BCUT2D eigenvalue weighted by Crippen LogP contribution is -2.33. The minimum Gasteiger partial charge on any atom is -0.399 e. The molecule has 0 bridgehead atoms. The quantitative estimate of drug-likeness (QED) is 0.752. The molecule has 1 aliphatic rings. The minimum atomic E-state index is -0.112. The zero-order chi connectivity index (χ0) is 11.5. The van der Waals surface area contributed by atoms with Crippen molar-refractivity contribution in [2.45, 2.75) is 6.54 Å². The van der Waals surface area contributed by atoms with Crippen LogP contribution in [0, 0.1) is 0 Å². The SMILES string of the molecule is COCC(=O)N1C=Nc2ccc(N)cc2C1. The first-order valence-electron chi connectivity index (χ1n) is 4.91. The molecular formula is C11H13N3O2. The van der Waals surface area contributed by atoms with Gasteiger partial charge in [0.2, 0.25) is 0 Å². The Morgan fingerprint density at radius 3 is 3.19 bits per heavy atom. The van der Waals surface area contributed by atoms with Crippen molar-refractivity contribution in [2.24, 2.45) is 4.99 Å². The number of nitrogens with two attached hydrogens (primary N) is 1. The van der Waals surface area contributed by atoms with Crippen LogP contribution in [0.5, 0.6) is 0 Å². The second kappa shape index (κ2) is 4.32. The number of hydrogen-bond acceptors (Lipinski definition) is 4. The second-order valence-corrected chi connectivity index (χ2v) is 3.59. The lowest BCUT2D eigenvalue weighted by molar-refractivity contribution is -0.131. The molecule has 5 heteroatoms. The molecule has 0 atom stereocenters. The fourth-order valence-corrected chi connectivity index (χ4v) is 1.57. The van der Waals surface area contributed by atoms with E-state index in [0.29, 0.717) is 12.2 Å². The third-order valence-electron chi connectivity index (χ3n) is 2.37. The Kier molecular flexibility index (Phi) is 2.87. The van der Waals surface area contributed by atoms with Crippen molar-refractivity contribution in [3.05, 3.63) is 23.8 Å². The summed E-state index contributed by atoms with van der Waals surface area (Å²) in [4.78, 5) is 17.3. The number of nitrogen functional groups attached to an aromatic ring is 1. The van der Waals surface area contributed by atoms with Gasteiger partial charge in [-0.15, -0.1) is 0 Å². The monoisotopic (exact) mass is 219 g/mol. The van der Waals surface area contributed by atoms with Crippen molar-refractivity contribution in [3.8, 4) is 0 Å². The van der Waals surface area contributed by atoms with Crippen LogP contribution in [0.3, 0.4) is 0 Å². The first-order chi connectivity index (χ1) is 7.70. The van der Waals surface area contributed by atoms with Gasteiger partial charge in [0, 0.05) is 12.8 Å². The van der Waals surface area contributed by atoms with Gasteiger partial charge >= 0.3 is 0 Å². The molecule has 2 rings (SSSR count). The Morgan fingerprint density at radius 1 is 1.62 bits per heavy atom. The molecule has 0 aliphatic carbocycles. The first kappa shape index (κ1) is 10.6. The molecule has 2 N–H and O–H groups in total. The van der Waals surface area contributed by atoms with E-state index in [2.05, 4.69) is 4.99 Å². The number of hydrogen-bond donors (Lipinski definition) is 1. The van der Waals surface area contributed by atoms with E-state index >= 15 is 0 Å². The molecule has 1 heterocycles. The Labute approximate surface area is 93.5 Å². The Bertz CT molecular complexity index is 443. The maximum atomic E-state index is 11.6. The summed E-state index contributed by atoms with van der Waals surface area (Å²) in [6, 6.07) is 5.47. The van der Waals surface area contributed by atoms with E-state index in [-0.39, 0.29) is 12.5 Å². The van der Waals surface area contributed by atoms with Gasteiger partial charge in [-0.3, -0.25) is 9.69 Å². The molecule has 84 valence electrons. The zero-order valence-electron chi connectivity index (χ0n) is 9.01. The van der Waals surface area contributed by atoms with Crippen LogP contribution in [-0.4, -0.2) is 30.9 Å². The number of ether oxygens (including phenoxy) is 1. The van der Waals surface area contributed by atoms with Crippen molar-refractivity contribution in [2.75, 3.05) is 19.5 Å². The van der Waals surface area contributed by atoms with Crippen LogP contribution in [0.25, 0.3) is 0 Å². The van der Waals surface area contributed by atoms with Crippen LogP contribution in [0.1, 0.15) is 5.56 Å². The molecule has 5 nitrogen and oxygen atoms in total. The number of nitrogens with zero attached hydrogens (tertiary/aromatic N) is 2. The van der Waals surface area contributed by atoms with Gasteiger partial charge in [-0.25, -0.2) is 4.99 Å². The highest BCUT2D eigenvalue weighted by molar-refractivity contribution is 5.90. The van der Waals surface area contributed by atoms with Gasteiger partial charge in [0.1, 0.15) is 6.61 Å². The van der Waals surface area contributed by atoms with Crippen LogP contribution in [0.15, 0.2) is 23.2 Å². The summed E-state index contributed by atoms with van der Waals surface area (Å²) in [7, 11) is 1.49. The number of carbonyl (C=O) groups is 1. The molecule has 0 radical (unpaired) electrons. The van der Waals surface area contributed by atoms with E-state index in [1.54, 1.807) is 6.07 Å². The summed E-state index contributed by atoms with van der Waals surface area (Å²) < 4.78 is 4.79. The minimum absolute atomic E-state index is 0.0592. The topological polar surface area (TPSA) is 67.9 Å². The predicted molar refractivity (Wildman–Crippen MR) is 61.4 cm³/mol. The molecule has 0 aromatic heterocycles. The van der Waals surface area contributed by atoms with Crippen LogP contribution in [0.2, 0.25) is 0 Å².